The first-order valence-electron chi connectivity index (χ1n) is 9.24. The summed E-state index contributed by atoms with van der Waals surface area (Å²) in [7, 11) is -0.329. The second-order valence-corrected chi connectivity index (χ2v) is 9.12. The summed E-state index contributed by atoms with van der Waals surface area (Å²) in [5.41, 5.74) is 1.12. The molecule has 0 unspecified atom stereocenters. The van der Waals surface area contributed by atoms with Crippen LogP contribution in [0.3, 0.4) is 0 Å². The summed E-state index contributed by atoms with van der Waals surface area (Å²) >= 11 is 0. The van der Waals surface area contributed by atoms with Crippen molar-refractivity contribution >= 4 is 28.3 Å². The summed E-state index contributed by atoms with van der Waals surface area (Å²) in [6, 6.07) is 9.27. The Bertz CT molecular complexity index is 782. The van der Waals surface area contributed by atoms with E-state index in [1.165, 1.54) is 23.3 Å². The molecular formula is C19H29N3O6S. The molecule has 1 saturated heterocycles. The molecule has 1 heterocycles. The molecule has 0 aromatic heterocycles. The van der Waals surface area contributed by atoms with Gasteiger partial charge in [-0.15, -0.1) is 0 Å². The van der Waals surface area contributed by atoms with Crippen LogP contribution in [-0.2, 0) is 30.8 Å². The lowest BCUT2D eigenvalue weighted by Gasteiger charge is -2.38. The number of hydrogen-bond acceptors (Lipinski definition) is 5. The fraction of sp³-hybridized carbons (Fsp3) is 0.526. The number of piperazine rings is 1. The molecule has 1 aromatic carbocycles. The average Bonchev–Trinajstić information content (AvgIpc) is 2.67. The maximum absolute atomic E-state index is 12.6. The molecule has 0 saturated carbocycles. The average molecular weight is 428 g/mol. The van der Waals surface area contributed by atoms with Crippen molar-refractivity contribution in [3.63, 3.8) is 0 Å². The molecule has 1 atom stereocenters. The van der Waals surface area contributed by atoms with Crippen LogP contribution in [0.4, 0.5) is 0 Å². The first kappa shape index (κ1) is 24.6. The van der Waals surface area contributed by atoms with Gasteiger partial charge in [-0.25, -0.2) is 12.7 Å². The number of rotatable bonds is 8. The first-order valence-corrected chi connectivity index (χ1v) is 10.8. The molecule has 1 aliphatic heterocycles. The third kappa shape index (κ3) is 7.47. The number of carbonyl (C=O) groups is 3. The monoisotopic (exact) mass is 427 g/mol. The van der Waals surface area contributed by atoms with E-state index in [4.69, 9.17) is 9.90 Å². The number of benzene rings is 1. The molecule has 0 aliphatic carbocycles. The van der Waals surface area contributed by atoms with E-state index in [2.05, 4.69) is 0 Å². The zero-order valence-electron chi connectivity index (χ0n) is 17.0. The van der Waals surface area contributed by atoms with Gasteiger partial charge in [0.05, 0.1) is 12.3 Å². The van der Waals surface area contributed by atoms with Gasteiger partial charge >= 0.3 is 0 Å². The fourth-order valence-corrected chi connectivity index (χ4v) is 3.82. The van der Waals surface area contributed by atoms with E-state index in [9.17, 15) is 18.0 Å². The first-order chi connectivity index (χ1) is 13.6. The molecule has 29 heavy (non-hydrogen) atoms. The molecule has 1 aliphatic rings. The van der Waals surface area contributed by atoms with E-state index < -0.39 is 16.1 Å². The van der Waals surface area contributed by atoms with Crippen LogP contribution in [0.2, 0.25) is 0 Å². The molecule has 0 radical (unpaired) electrons. The molecule has 1 N–H and O–H groups in total. The Hall–Kier alpha value is -2.46. The predicted octanol–water partition coefficient (Wildman–Crippen LogP) is 0.271. The van der Waals surface area contributed by atoms with E-state index in [1.807, 2.05) is 30.3 Å². The van der Waals surface area contributed by atoms with E-state index in [-0.39, 0.29) is 37.1 Å². The SMILES string of the molecule is C[C@H]1C(=O)N(CCc2ccccc2)CC(=O)N1CCCS(=O)(=O)N(C)C.O=CO. The van der Waals surface area contributed by atoms with Crippen LogP contribution in [0.5, 0.6) is 0 Å². The standard InChI is InChI=1S/C18H27N3O4S.CH2O2/c1-15-18(23)20(12-10-16-8-5-4-6-9-16)14-17(22)21(15)11-7-13-26(24,25)19(2)3;2-1-3/h4-6,8-9,15H,7,10-14H2,1-3H3;1H,(H,2,3)/t15-;/m0./s1. The summed E-state index contributed by atoms with van der Waals surface area (Å²) in [5, 5.41) is 6.89. The summed E-state index contributed by atoms with van der Waals surface area (Å²) in [4.78, 5) is 36.5. The highest BCUT2D eigenvalue weighted by atomic mass is 32.2. The van der Waals surface area contributed by atoms with Crippen molar-refractivity contribution in [1.29, 1.82) is 0 Å². The Morgan fingerprint density at radius 3 is 2.31 bits per heavy atom. The van der Waals surface area contributed by atoms with Gasteiger partial charge in [0, 0.05) is 27.2 Å². The largest absolute Gasteiger partial charge is 0.483 e. The second-order valence-electron chi connectivity index (χ2n) is 6.82. The van der Waals surface area contributed by atoms with Crippen molar-refractivity contribution in [3.05, 3.63) is 35.9 Å². The molecule has 162 valence electrons. The molecular weight excluding hydrogens is 398 g/mol. The van der Waals surface area contributed by atoms with Crippen molar-refractivity contribution in [2.45, 2.75) is 25.8 Å². The molecule has 0 spiro atoms. The van der Waals surface area contributed by atoms with Crippen molar-refractivity contribution < 1.29 is 27.9 Å². The van der Waals surface area contributed by atoms with Gasteiger partial charge in [0.15, 0.2) is 0 Å². The second kappa shape index (κ2) is 11.5. The lowest BCUT2D eigenvalue weighted by Crippen LogP contribution is -2.59. The molecule has 1 aromatic rings. The Balaban J connectivity index is 0.00000132. The van der Waals surface area contributed by atoms with Gasteiger partial charge < -0.3 is 14.9 Å². The fourth-order valence-electron chi connectivity index (χ4n) is 2.96. The van der Waals surface area contributed by atoms with Gasteiger partial charge in [-0.3, -0.25) is 14.4 Å². The van der Waals surface area contributed by atoms with Crippen LogP contribution < -0.4 is 0 Å². The number of carbonyl (C=O) groups excluding carboxylic acids is 2. The number of nitrogens with zero attached hydrogens (tertiary/aromatic N) is 3. The third-order valence-electron chi connectivity index (χ3n) is 4.65. The summed E-state index contributed by atoms with van der Waals surface area (Å²) < 4.78 is 24.8. The molecule has 2 amide bonds. The number of sulfonamides is 1. The number of amides is 2. The van der Waals surface area contributed by atoms with Crippen molar-refractivity contribution in [2.75, 3.05) is 39.5 Å². The minimum Gasteiger partial charge on any atom is -0.483 e. The lowest BCUT2D eigenvalue weighted by atomic mass is 10.1. The van der Waals surface area contributed by atoms with Gasteiger partial charge in [0.2, 0.25) is 21.8 Å². The van der Waals surface area contributed by atoms with Crippen molar-refractivity contribution in [3.8, 4) is 0 Å². The van der Waals surface area contributed by atoms with Crippen LogP contribution in [0.1, 0.15) is 18.9 Å². The third-order valence-corrected chi connectivity index (χ3v) is 6.57. The highest BCUT2D eigenvalue weighted by Gasteiger charge is 2.36. The zero-order valence-corrected chi connectivity index (χ0v) is 17.8. The molecule has 9 nitrogen and oxygen atoms in total. The van der Waals surface area contributed by atoms with Gasteiger partial charge in [-0.1, -0.05) is 30.3 Å². The van der Waals surface area contributed by atoms with E-state index >= 15 is 0 Å². The van der Waals surface area contributed by atoms with Crippen LogP contribution in [0.25, 0.3) is 0 Å². The van der Waals surface area contributed by atoms with E-state index in [0.29, 0.717) is 19.4 Å². The van der Waals surface area contributed by atoms with Gasteiger partial charge in [0.1, 0.15) is 6.04 Å². The minimum atomic E-state index is -3.30. The highest BCUT2D eigenvalue weighted by molar-refractivity contribution is 7.89. The Labute approximate surface area is 171 Å². The molecule has 0 bridgehead atoms. The lowest BCUT2D eigenvalue weighted by molar-refractivity contribution is -0.155. The van der Waals surface area contributed by atoms with Crippen molar-refractivity contribution in [1.82, 2.24) is 14.1 Å². The summed E-state index contributed by atoms with van der Waals surface area (Å²) in [5.74, 6) is -0.258. The Morgan fingerprint density at radius 1 is 1.17 bits per heavy atom. The van der Waals surface area contributed by atoms with Gasteiger partial charge in [-0.2, -0.15) is 0 Å². The quantitative estimate of drug-likeness (QED) is 0.596. The van der Waals surface area contributed by atoms with Crippen LogP contribution in [-0.4, -0.2) is 91.4 Å². The van der Waals surface area contributed by atoms with Crippen molar-refractivity contribution in [2.24, 2.45) is 0 Å². The molecule has 2 rings (SSSR count). The normalized spacial score (nSPS) is 17.2. The van der Waals surface area contributed by atoms with Crippen LogP contribution in [0.15, 0.2) is 30.3 Å². The summed E-state index contributed by atoms with van der Waals surface area (Å²) in [6.07, 6.45) is 1.02. The smallest absolute Gasteiger partial charge is 0.290 e. The van der Waals surface area contributed by atoms with E-state index in [1.54, 1.807) is 11.8 Å². The minimum absolute atomic E-state index is 0.0393. The maximum Gasteiger partial charge on any atom is 0.290 e. The molecule has 1 fully saturated rings. The number of carboxylic acid groups (broad SMARTS) is 1. The Morgan fingerprint density at radius 2 is 1.76 bits per heavy atom. The Kier molecular flexibility index (Phi) is 9.76. The van der Waals surface area contributed by atoms with Gasteiger partial charge in [0.25, 0.3) is 6.47 Å². The topological polar surface area (TPSA) is 115 Å². The predicted molar refractivity (Wildman–Crippen MR) is 109 cm³/mol. The number of hydrogen-bond donors (Lipinski definition) is 1. The maximum atomic E-state index is 12.6. The van der Waals surface area contributed by atoms with Crippen LogP contribution >= 0.6 is 0 Å². The summed E-state index contributed by atoms with van der Waals surface area (Å²) in [6.45, 7) is 2.28. The van der Waals surface area contributed by atoms with Crippen LogP contribution in [0, 0.1) is 0 Å². The zero-order chi connectivity index (χ0) is 22.0. The molecule has 10 heteroatoms. The van der Waals surface area contributed by atoms with Gasteiger partial charge in [-0.05, 0) is 25.3 Å². The van der Waals surface area contributed by atoms with E-state index in [0.717, 1.165) is 5.56 Å². The highest BCUT2D eigenvalue weighted by Crippen LogP contribution is 2.14.